The van der Waals surface area contributed by atoms with E-state index in [1.54, 1.807) is 29.9 Å². The van der Waals surface area contributed by atoms with E-state index in [9.17, 15) is 4.79 Å². The molecule has 2 N–H and O–H groups in total. The number of anilines is 2. The Morgan fingerprint density at radius 2 is 1.89 bits per heavy atom. The molecule has 0 aliphatic carbocycles. The minimum absolute atomic E-state index is 0. The molecule has 7 nitrogen and oxygen atoms in total. The smallest absolute Gasteiger partial charge is 0.229 e. The Kier molecular flexibility index (Phi) is 6.98. The summed E-state index contributed by atoms with van der Waals surface area (Å²) in [5.74, 6) is 1.59. The lowest BCUT2D eigenvalue weighted by Gasteiger charge is -2.31. The van der Waals surface area contributed by atoms with Crippen LogP contribution in [0.15, 0.2) is 24.8 Å². The monoisotopic (exact) mass is 408 g/mol. The van der Waals surface area contributed by atoms with Crippen molar-refractivity contribution in [3.8, 4) is 0 Å². The van der Waals surface area contributed by atoms with Crippen molar-refractivity contribution in [3.63, 3.8) is 0 Å². The van der Waals surface area contributed by atoms with Gasteiger partial charge < -0.3 is 15.5 Å². The van der Waals surface area contributed by atoms with Gasteiger partial charge in [0.15, 0.2) is 5.13 Å². The van der Waals surface area contributed by atoms with Crippen LogP contribution in [-0.2, 0) is 4.79 Å². The molecule has 9 heteroatoms. The zero-order chi connectivity index (χ0) is 17.8. The lowest BCUT2D eigenvalue weighted by atomic mass is 9.96. The number of nitrogens with one attached hydrogen (secondary N) is 2. The van der Waals surface area contributed by atoms with Crippen molar-refractivity contribution in [3.05, 3.63) is 29.7 Å². The van der Waals surface area contributed by atoms with Gasteiger partial charge in [0.1, 0.15) is 5.82 Å². The quantitative estimate of drug-likeness (QED) is 0.809. The number of aromatic nitrogens is 3. The van der Waals surface area contributed by atoms with Gasteiger partial charge in [0.25, 0.3) is 0 Å². The summed E-state index contributed by atoms with van der Waals surface area (Å²) in [5.41, 5.74) is 0. The summed E-state index contributed by atoms with van der Waals surface area (Å²) in [4.78, 5) is 29.0. The number of piperidine rings is 2. The van der Waals surface area contributed by atoms with Gasteiger partial charge in [-0.2, -0.15) is 0 Å². The van der Waals surface area contributed by atoms with Crippen molar-refractivity contribution in [1.82, 2.24) is 20.3 Å². The normalized spacial score (nSPS) is 18.7. The number of carbonyl (C=O) groups is 1. The third kappa shape index (κ3) is 4.94. The van der Waals surface area contributed by atoms with Gasteiger partial charge in [-0.15, -0.1) is 23.7 Å². The molecule has 2 saturated heterocycles. The van der Waals surface area contributed by atoms with E-state index < -0.39 is 0 Å². The van der Waals surface area contributed by atoms with E-state index in [0.29, 0.717) is 5.92 Å². The zero-order valence-corrected chi connectivity index (χ0v) is 16.8. The third-order valence-corrected chi connectivity index (χ3v) is 6.31. The van der Waals surface area contributed by atoms with E-state index >= 15 is 0 Å². The maximum Gasteiger partial charge on any atom is 0.229 e. The number of hydrogen-bond donors (Lipinski definition) is 2. The van der Waals surface area contributed by atoms with Crippen LogP contribution < -0.4 is 15.5 Å². The van der Waals surface area contributed by atoms with Crippen LogP contribution in [0.2, 0.25) is 0 Å². The van der Waals surface area contributed by atoms with E-state index in [1.165, 1.54) is 4.88 Å². The second-order valence-corrected chi connectivity index (χ2v) is 7.97. The Labute approximate surface area is 169 Å². The van der Waals surface area contributed by atoms with Crippen LogP contribution >= 0.6 is 23.7 Å². The lowest BCUT2D eigenvalue weighted by molar-refractivity contribution is -0.120. The van der Waals surface area contributed by atoms with E-state index in [-0.39, 0.29) is 24.2 Å². The van der Waals surface area contributed by atoms with Crippen LogP contribution in [-0.4, -0.2) is 47.0 Å². The molecular weight excluding hydrogens is 384 g/mol. The molecule has 2 aliphatic heterocycles. The molecule has 0 unspecified atom stereocenters. The molecule has 2 aliphatic rings. The molecule has 4 heterocycles. The number of amides is 1. The summed E-state index contributed by atoms with van der Waals surface area (Å²) in [6.07, 6.45) is 11.0. The summed E-state index contributed by atoms with van der Waals surface area (Å²) in [7, 11) is 0. The zero-order valence-electron chi connectivity index (χ0n) is 15.1. The first kappa shape index (κ1) is 20.0. The summed E-state index contributed by atoms with van der Waals surface area (Å²) in [6, 6.07) is 0. The summed E-state index contributed by atoms with van der Waals surface area (Å²) >= 11 is 1.63. The van der Waals surface area contributed by atoms with Crippen molar-refractivity contribution < 1.29 is 4.79 Å². The third-order valence-electron chi connectivity index (χ3n) is 5.23. The predicted molar refractivity (Wildman–Crippen MR) is 110 cm³/mol. The Hall–Kier alpha value is -1.77. The number of halogens is 1. The van der Waals surface area contributed by atoms with Crippen LogP contribution in [0.4, 0.5) is 10.9 Å². The molecule has 2 aromatic rings. The van der Waals surface area contributed by atoms with E-state index in [4.69, 9.17) is 0 Å². The highest BCUT2D eigenvalue weighted by atomic mass is 35.5. The number of nitrogens with zero attached hydrogens (tertiary/aromatic N) is 4. The van der Waals surface area contributed by atoms with Crippen molar-refractivity contribution in [2.45, 2.75) is 31.6 Å². The molecule has 146 valence electrons. The van der Waals surface area contributed by atoms with Crippen LogP contribution in [0.5, 0.6) is 0 Å². The molecule has 2 fully saturated rings. The number of thiazole rings is 1. The van der Waals surface area contributed by atoms with Gasteiger partial charge in [0.2, 0.25) is 5.91 Å². The largest absolute Gasteiger partial charge is 0.355 e. The van der Waals surface area contributed by atoms with Gasteiger partial charge in [0.05, 0.1) is 6.20 Å². The van der Waals surface area contributed by atoms with Gasteiger partial charge in [-0.05, 0) is 44.7 Å². The number of carbonyl (C=O) groups excluding carboxylic acids is 1. The van der Waals surface area contributed by atoms with Gasteiger partial charge in [-0.3, -0.25) is 9.78 Å². The molecule has 0 radical (unpaired) electrons. The summed E-state index contributed by atoms with van der Waals surface area (Å²) in [5, 5.41) is 7.15. The predicted octanol–water partition coefficient (Wildman–Crippen LogP) is 2.68. The van der Waals surface area contributed by atoms with Gasteiger partial charge in [-0.25, -0.2) is 9.97 Å². The fourth-order valence-electron chi connectivity index (χ4n) is 3.67. The van der Waals surface area contributed by atoms with E-state index in [1.807, 2.05) is 6.20 Å². The minimum Gasteiger partial charge on any atom is -0.355 e. The highest BCUT2D eigenvalue weighted by molar-refractivity contribution is 7.15. The molecule has 0 aromatic carbocycles. The van der Waals surface area contributed by atoms with Gasteiger partial charge >= 0.3 is 0 Å². The highest BCUT2D eigenvalue weighted by Gasteiger charge is 2.26. The van der Waals surface area contributed by atoms with Gasteiger partial charge in [0, 0.05) is 42.5 Å². The lowest BCUT2D eigenvalue weighted by Crippen LogP contribution is -2.38. The minimum atomic E-state index is 0. The maximum absolute atomic E-state index is 12.6. The maximum atomic E-state index is 12.6. The van der Waals surface area contributed by atoms with E-state index in [0.717, 1.165) is 62.8 Å². The van der Waals surface area contributed by atoms with Crippen LogP contribution in [0.3, 0.4) is 0 Å². The van der Waals surface area contributed by atoms with Crippen LogP contribution in [0, 0.1) is 5.92 Å². The average Bonchev–Trinajstić information content (AvgIpc) is 3.18. The standard InChI is InChI=1S/C18H24N6OS.ClH/c25-17(14-3-9-24(10-4-14)16-12-20-7-8-21-16)23-18-22-11-15(26-18)13-1-5-19-6-2-13;/h7-8,11-14,19H,1-6,9-10H2,(H,22,23,25);1H. The Morgan fingerprint density at radius 3 is 2.59 bits per heavy atom. The second kappa shape index (κ2) is 9.43. The fourth-order valence-corrected chi connectivity index (χ4v) is 4.66. The number of rotatable bonds is 4. The van der Waals surface area contributed by atoms with Gasteiger partial charge in [-0.1, -0.05) is 0 Å². The second-order valence-electron chi connectivity index (χ2n) is 6.91. The van der Waals surface area contributed by atoms with E-state index in [2.05, 4.69) is 30.5 Å². The Balaban J connectivity index is 0.00000210. The first-order chi connectivity index (χ1) is 12.8. The topological polar surface area (TPSA) is 83.0 Å². The number of hydrogen-bond acceptors (Lipinski definition) is 7. The molecule has 27 heavy (non-hydrogen) atoms. The van der Waals surface area contributed by atoms with Crippen LogP contribution in [0.1, 0.15) is 36.5 Å². The average molecular weight is 409 g/mol. The summed E-state index contributed by atoms with van der Waals surface area (Å²) < 4.78 is 0. The first-order valence-corrected chi connectivity index (χ1v) is 10.1. The summed E-state index contributed by atoms with van der Waals surface area (Å²) in [6.45, 7) is 3.78. The molecule has 0 saturated carbocycles. The molecule has 0 spiro atoms. The molecular formula is C18H25ClN6OS. The molecule has 4 rings (SSSR count). The first-order valence-electron chi connectivity index (χ1n) is 9.28. The van der Waals surface area contributed by atoms with Crippen molar-refractivity contribution in [2.75, 3.05) is 36.4 Å². The fraction of sp³-hybridized carbons (Fsp3) is 0.556. The molecule has 1 amide bonds. The molecule has 2 aromatic heterocycles. The SMILES string of the molecule is Cl.O=C(Nc1ncc(C2CCNCC2)s1)C1CCN(c2cnccn2)CC1. The highest BCUT2D eigenvalue weighted by Crippen LogP contribution is 2.32. The van der Waals surface area contributed by atoms with Crippen molar-refractivity contribution in [2.24, 2.45) is 5.92 Å². The Morgan fingerprint density at radius 1 is 1.11 bits per heavy atom. The van der Waals surface area contributed by atoms with Crippen molar-refractivity contribution in [1.29, 1.82) is 0 Å². The van der Waals surface area contributed by atoms with Crippen LogP contribution in [0.25, 0.3) is 0 Å². The molecule has 0 atom stereocenters. The van der Waals surface area contributed by atoms with Crippen molar-refractivity contribution >= 4 is 40.6 Å². The molecule has 0 bridgehead atoms. The Bertz CT molecular complexity index is 728.